The van der Waals surface area contributed by atoms with Gasteiger partial charge < -0.3 is 9.84 Å². The van der Waals surface area contributed by atoms with Crippen LogP contribution in [0.1, 0.15) is 87.9 Å². The van der Waals surface area contributed by atoms with Crippen molar-refractivity contribution in [2.45, 2.75) is 91.6 Å². The number of aliphatic hydroxyl groups is 1. The molecule has 0 bridgehead atoms. The van der Waals surface area contributed by atoms with Gasteiger partial charge in [-0.3, -0.25) is 10.0 Å². The number of ether oxygens (including phenoxy) is 1. The highest BCUT2D eigenvalue weighted by Gasteiger charge is 2.34. The maximum atomic E-state index is 11.1. The van der Waals surface area contributed by atoms with E-state index in [1.165, 1.54) is 10.4 Å². The lowest BCUT2D eigenvalue weighted by molar-refractivity contribution is -0.129. The lowest BCUT2D eigenvalue weighted by Crippen LogP contribution is -2.26. The second kappa shape index (κ2) is 12.0. The number of aromatic nitrogens is 1. The quantitative estimate of drug-likeness (QED) is 0.212. The zero-order valence-corrected chi connectivity index (χ0v) is 21.7. The van der Waals surface area contributed by atoms with Gasteiger partial charge in [0.05, 0.1) is 18.4 Å². The van der Waals surface area contributed by atoms with Crippen molar-refractivity contribution in [1.29, 1.82) is 0 Å². The smallest absolute Gasteiger partial charge is 0.243 e. The van der Waals surface area contributed by atoms with Crippen molar-refractivity contribution >= 4 is 17.2 Å². The van der Waals surface area contributed by atoms with Gasteiger partial charge in [-0.2, -0.15) is 0 Å². The third-order valence-electron chi connectivity index (χ3n) is 6.50. The number of thiazole rings is 1. The molecule has 1 atom stereocenters. The molecule has 1 amide bonds. The summed E-state index contributed by atoms with van der Waals surface area (Å²) in [4.78, 5) is 17.3. The number of rotatable bonds is 12. The minimum Gasteiger partial charge on any atom is -0.494 e. The molecule has 2 rings (SSSR count). The van der Waals surface area contributed by atoms with Crippen LogP contribution in [0.25, 0.3) is 0 Å². The van der Waals surface area contributed by atoms with Gasteiger partial charge in [0.1, 0.15) is 10.8 Å². The number of carbonyl (C=O) groups is 1. The summed E-state index contributed by atoms with van der Waals surface area (Å²) in [5, 5.41) is 20.1. The van der Waals surface area contributed by atoms with E-state index in [9.17, 15) is 9.90 Å². The first kappa shape index (κ1) is 27.3. The van der Waals surface area contributed by atoms with E-state index in [2.05, 4.69) is 53.7 Å². The van der Waals surface area contributed by atoms with E-state index in [1.54, 1.807) is 16.8 Å². The molecule has 7 heteroatoms. The first-order valence-corrected chi connectivity index (χ1v) is 12.7. The number of hydrogen-bond donors (Lipinski definition) is 3. The van der Waals surface area contributed by atoms with Crippen LogP contribution < -0.4 is 10.2 Å². The molecule has 6 nitrogen and oxygen atoms in total. The number of aliphatic hydroxyl groups excluding tert-OH is 1. The SMILES string of the molecule is CCC(CC)(c1ccc(OCCCC(=O)NO)cc1)c1nc(C)c(CC[C@H](O)C(C)(C)C)s1. The van der Waals surface area contributed by atoms with Crippen molar-refractivity contribution in [2.75, 3.05) is 6.61 Å². The Hall–Kier alpha value is -1.96. The summed E-state index contributed by atoms with van der Waals surface area (Å²) in [5.41, 5.74) is 3.63. The molecule has 1 heterocycles. The number of hydrogen-bond acceptors (Lipinski definition) is 6. The van der Waals surface area contributed by atoms with Gasteiger partial charge in [0.15, 0.2) is 0 Å². The molecule has 3 N–H and O–H groups in total. The van der Waals surface area contributed by atoms with Gasteiger partial charge in [-0.1, -0.05) is 46.8 Å². The van der Waals surface area contributed by atoms with Gasteiger partial charge in [-0.25, -0.2) is 10.5 Å². The van der Waals surface area contributed by atoms with Crippen molar-refractivity contribution < 1.29 is 19.8 Å². The minimum absolute atomic E-state index is 0.118. The second-order valence-electron chi connectivity index (χ2n) is 9.75. The van der Waals surface area contributed by atoms with E-state index < -0.39 is 5.91 Å². The Bertz CT molecular complexity index is 883. The Kier molecular flexibility index (Phi) is 9.88. The Morgan fingerprint density at radius 3 is 2.36 bits per heavy atom. The van der Waals surface area contributed by atoms with Crippen molar-refractivity contribution in [1.82, 2.24) is 10.5 Å². The molecule has 0 saturated carbocycles. The summed E-state index contributed by atoms with van der Waals surface area (Å²) in [5.74, 6) is 0.354. The molecule has 0 spiro atoms. The lowest BCUT2D eigenvalue weighted by atomic mass is 9.76. The van der Waals surface area contributed by atoms with Gasteiger partial charge in [0, 0.05) is 16.7 Å². The van der Waals surface area contributed by atoms with E-state index in [0.717, 1.165) is 42.1 Å². The van der Waals surface area contributed by atoms with Gasteiger partial charge >= 0.3 is 0 Å². The number of nitrogens with one attached hydrogen (secondary N) is 1. The van der Waals surface area contributed by atoms with Crippen LogP contribution in [0.15, 0.2) is 24.3 Å². The molecule has 0 saturated heterocycles. The fourth-order valence-electron chi connectivity index (χ4n) is 4.00. The van der Waals surface area contributed by atoms with Gasteiger partial charge in [0.25, 0.3) is 0 Å². The molecule has 0 aliphatic heterocycles. The van der Waals surface area contributed by atoms with Crippen LogP contribution in [0.2, 0.25) is 0 Å². The largest absolute Gasteiger partial charge is 0.494 e. The molecule has 0 unspecified atom stereocenters. The number of hydroxylamine groups is 1. The molecule has 1 aromatic heterocycles. The Morgan fingerprint density at radius 1 is 1.18 bits per heavy atom. The molecule has 0 aliphatic carbocycles. The van der Waals surface area contributed by atoms with Crippen molar-refractivity contribution in [3.63, 3.8) is 0 Å². The van der Waals surface area contributed by atoms with Crippen LogP contribution in [0.5, 0.6) is 5.75 Å². The van der Waals surface area contributed by atoms with Crippen LogP contribution in [-0.4, -0.2) is 33.9 Å². The summed E-state index contributed by atoms with van der Waals surface area (Å²) in [6, 6.07) is 8.18. The molecule has 1 aromatic carbocycles. The normalized spacial score (nSPS) is 13.1. The van der Waals surface area contributed by atoms with E-state index in [-0.39, 0.29) is 23.4 Å². The van der Waals surface area contributed by atoms with Crippen molar-refractivity contribution in [2.24, 2.45) is 5.41 Å². The average molecular weight is 477 g/mol. The predicted molar refractivity (Wildman–Crippen MR) is 133 cm³/mol. The average Bonchev–Trinajstić information content (AvgIpc) is 3.17. The summed E-state index contributed by atoms with van der Waals surface area (Å²) in [7, 11) is 0. The predicted octanol–water partition coefficient (Wildman–Crippen LogP) is 5.56. The zero-order valence-electron chi connectivity index (χ0n) is 20.9. The number of carbonyl (C=O) groups excluding carboxylic acids is 1. The molecule has 33 heavy (non-hydrogen) atoms. The standard InChI is InChI=1S/C26H40N2O4S/c1-7-26(8-2,19-11-13-20(14-12-19)32-17-9-10-23(30)28-31)24-27-18(3)21(33-24)15-16-22(29)25(4,5)6/h11-14,22,29,31H,7-10,15-17H2,1-6H3,(H,28,30)/t22-/m0/s1. The molecule has 0 fully saturated rings. The molecular formula is C26H40N2O4S. The first-order chi connectivity index (χ1) is 15.6. The number of nitrogens with zero attached hydrogens (tertiary/aromatic N) is 1. The van der Waals surface area contributed by atoms with E-state index in [1.807, 2.05) is 12.1 Å². The number of aryl methyl sites for hydroxylation is 2. The zero-order chi connectivity index (χ0) is 24.6. The highest BCUT2D eigenvalue weighted by molar-refractivity contribution is 7.12. The highest BCUT2D eigenvalue weighted by atomic mass is 32.1. The van der Waals surface area contributed by atoms with Gasteiger partial charge in [-0.15, -0.1) is 11.3 Å². The number of benzene rings is 1. The van der Waals surface area contributed by atoms with Gasteiger partial charge in [-0.05, 0) is 62.1 Å². The third kappa shape index (κ3) is 7.01. The van der Waals surface area contributed by atoms with Gasteiger partial charge in [0.2, 0.25) is 5.91 Å². The van der Waals surface area contributed by atoms with E-state index in [4.69, 9.17) is 14.9 Å². The van der Waals surface area contributed by atoms with Crippen LogP contribution in [0, 0.1) is 12.3 Å². The maximum absolute atomic E-state index is 11.1. The van der Waals surface area contributed by atoms with Crippen molar-refractivity contribution in [3.8, 4) is 5.75 Å². The summed E-state index contributed by atoms with van der Waals surface area (Å²) in [6.45, 7) is 13.1. The molecule has 0 radical (unpaired) electrons. The van der Waals surface area contributed by atoms with Crippen LogP contribution in [0.4, 0.5) is 0 Å². The lowest BCUT2D eigenvalue weighted by Gasteiger charge is -2.30. The minimum atomic E-state index is -0.407. The Labute approximate surface area is 202 Å². The fraction of sp³-hybridized carbons (Fsp3) is 0.615. The third-order valence-corrected chi connectivity index (χ3v) is 7.92. The van der Waals surface area contributed by atoms with E-state index in [0.29, 0.717) is 13.0 Å². The highest BCUT2D eigenvalue weighted by Crippen LogP contribution is 2.42. The topological polar surface area (TPSA) is 91.7 Å². The molecule has 0 aliphatic rings. The second-order valence-corrected chi connectivity index (χ2v) is 10.8. The van der Waals surface area contributed by atoms with E-state index >= 15 is 0 Å². The van der Waals surface area contributed by atoms with Crippen LogP contribution >= 0.6 is 11.3 Å². The summed E-state index contributed by atoms with van der Waals surface area (Å²) in [6.07, 6.45) is 3.88. The monoisotopic (exact) mass is 476 g/mol. The fourth-order valence-corrected chi connectivity index (χ4v) is 5.43. The summed E-state index contributed by atoms with van der Waals surface area (Å²) >= 11 is 1.78. The van der Waals surface area contributed by atoms with Crippen LogP contribution in [-0.2, 0) is 16.6 Å². The maximum Gasteiger partial charge on any atom is 0.243 e. The number of amides is 1. The summed E-state index contributed by atoms with van der Waals surface area (Å²) < 4.78 is 5.75. The molecule has 2 aromatic rings. The Balaban J connectivity index is 2.15. The van der Waals surface area contributed by atoms with Crippen molar-refractivity contribution in [3.05, 3.63) is 45.4 Å². The Morgan fingerprint density at radius 2 is 1.82 bits per heavy atom. The molecular weight excluding hydrogens is 436 g/mol. The van der Waals surface area contributed by atoms with Crippen LogP contribution in [0.3, 0.4) is 0 Å². The molecule has 184 valence electrons. The first-order valence-electron chi connectivity index (χ1n) is 11.9.